The average molecular weight is 1840 g/mol. The van der Waals surface area contributed by atoms with Crippen molar-refractivity contribution in [2.24, 2.45) is 0 Å². The minimum atomic E-state index is -1.74. The lowest BCUT2D eigenvalue weighted by molar-refractivity contribution is -0.404. The van der Waals surface area contributed by atoms with Crippen LogP contribution in [0.15, 0.2) is 273 Å². The van der Waals surface area contributed by atoms with Gasteiger partial charge in [-0.3, -0.25) is 9.59 Å². The van der Waals surface area contributed by atoms with Crippen molar-refractivity contribution in [1.82, 2.24) is 0 Å². The van der Waals surface area contributed by atoms with Gasteiger partial charge in [0.2, 0.25) is 0 Å². The smallest absolute Gasteiger partial charge is 0.306 e. The molecule has 9 aromatic rings. The Hall–Kier alpha value is -9.09. The number of carbonyl (C=O) groups is 3. The highest BCUT2D eigenvalue weighted by atomic mass is 16.8. The van der Waals surface area contributed by atoms with E-state index in [1.807, 2.05) is 294 Å². The van der Waals surface area contributed by atoms with E-state index in [0.29, 0.717) is 25.7 Å². The third kappa shape index (κ3) is 32.8. The van der Waals surface area contributed by atoms with Gasteiger partial charge in [0.1, 0.15) is 72.9 Å². The molecule has 4 heterocycles. The summed E-state index contributed by atoms with van der Waals surface area (Å²) >= 11 is 0. The number of benzene rings is 9. The van der Waals surface area contributed by atoms with Crippen molar-refractivity contribution in [2.75, 3.05) is 13.2 Å². The van der Waals surface area contributed by atoms with Crippen molar-refractivity contribution < 1.29 is 104 Å². The van der Waals surface area contributed by atoms with Crippen LogP contribution in [0.1, 0.15) is 201 Å². The third-order valence-corrected chi connectivity index (χ3v) is 24.9. The number of ketones is 1. The predicted molar refractivity (Wildman–Crippen MR) is 509 cm³/mol. The summed E-state index contributed by atoms with van der Waals surface area (Å²) in [4.78, 5) is 42.2. The van der Waals surface area contributed by atoms with Gasteiger partial charge in [-0.1, -0.05) is 357 Å². The van der Waals surface area contributed by atoms with Gasteiger partial charge in [-0.25, -0.2) is 0 Å². The Labute approximate surface area is 793 Å². The van der Waals surface area contributed by atoms with Gasteiger partial charge >= 0.3 is 11.9 Å². The summed E-state index contributed by atoms with van der Waals surface area (Å²) in [5.74, 6) is -1.22. The van der Waals surface area contributed by atoms with Crippen LogP contribution >= 0.6 is 0 Å². The number of hydrogen-bond acceptors (Lipinski definition) is 22. The van der Waals surface area contributed by atoms with Gasteiger partial charge in [0.15, 0.2) is 43.5 Å². The number of ether oxygens (including phenoxy) is 19. The summed E-state index contributed by atoms with van der Waals surface area (Å²) in [7, 11) is 0. The van der Waals surface area contributed by atoms with Crippen LogP contribution in [0.25, 0.3) is 0 Å². The molecule has 4 aliphatic heterocycles. The molecular formula is C112H140O22. The molecule has 0 amide bonds. The third-order valence-electron chi connectivity index (χ3n) is 24.9. The van der Waals surface area contributed by atoms with E-state index in [0.717, 1.165) is 121 Å². The van der Waals surface area contributed by atoms with Crippen molar-refractivity contribution in [3.63, 3.8) is 0 Å². The Morgan fingerprint density at radius 1 is 0.276 bits per heavy atom. The van der Waals surface area contributed by atoms with Crippen LogP contribution in [0.3, 0.4) is 0 Å². The van der Waals surface area contributed by atoms with Gasteiger partial charge in [0.05, 0.1) is 91.0 Å². The van der Waals surface area contributed by atoms with E-state index in [4.69, 9.17) is 90.0 Å². The molecule has 22 heteroatoms. The van der Waals surface area contributed by atoms with E-state index in [-0.39, 0.29) is 78.3 Å². The molecule has 0 radical (unpaired) electrons. The lowest BCUT2D eigenvalue weighted by Crippen LogP contribution is -2.68. The summed E-state index contributed by atoms with van der Waals surface area (Å²) in [6.07, 6.45) is -9.85. The maximum absolute atomic E-state index is 15.4. The van der Waals surface area contributed by atoms with Crippen molar-refractivity contribution in [1.29, 1.82) is 0 Å². The molecular weight excluding hydrogens is 1700 g/mol. The highest BCUT2D eigenvalue weighted by Crippen LogP contribution is 2.42. The number of carbonyl (C=O) groups excluding carboxylic acids is 3. The summed E-state index contributed by atoms with van der Waals surface area (Å²) in [5.41, 5.74) is 8.04. The van der Waals surface area contributed by atoms with Crippen LogP contribution in [0.5, 0.6) is 0 Å². The first kappa shape index (κ1) is 102. The normalized spacial score (nSPS) is 25.5. The number of esters is 2. The molecule has 1 unspecified atom stereocenters. The Bertz CT molecular complexity index is 4690. The highest BCUT2D eigenvalue weighted by molar-refractivity contribution is 5.75. The molecule has 0 saturated carbocycles. The van der Waals surface area contributed by atoms with E-state index < -0.39 is 147 Å². The molecule has 0 aromatic heterocycles. The Kier molecular flexibility index (Phi) is 43.2. The molecule has 4 saturated heterocycles. The largest absolute Gasteiger partial charge is 0.456 e. The summed E-state index contributed by atoms with van der Waals surface area (Å²) < 4.78 is 140. The monoisotopic (exact) mass is 1840 g/mol. The van der Waals surface area contributed by atoms with E-state index in [1.54, 1.807) is 6.92 Å². The second-order valence-corrected chi connectivity index (χ2v) is 35.6. The van der Waals surface area contributed by atoms with Gasteiger partial charge < -0.3 is 94.8 Å². The van der Waals surface area contributed by atoms with Crippen molar-refractivity contribution in [2.45, 2.75) is 339 Å². The zero-order valence-electron chi connectivity index (χ0n) is 78.9. The van der Waals surface area contributed by atoms with Crippen LogP contribution in [0.2, 0.25) is 0 Å². The van der Waals surface area contributed by atoms with E-state index in [2.05, 4.69) is 6.92 Å². The molecule has 0 N–H and O–H groups in total. The van der Waals surface area contributed by atoms with Gasteiger partial charge in [-0.05, 0) is 96.5 Å². The first-order chi connectivity index (χ1) is 65.8. The highest BCUT2D eigenvalue weighted by Gasteiger charge is 2.60. The quantitative estimate of drug-likeness (QED) is 0.0255. The van der Waals surface area contributed by atoms with Crippen LogP contribution < -0.4 is 0 Å². The van der Waals surface area contributed by atoms with Crippen LogP contribution in [0, 0.1) is 0 Å². The first-order valence-corrected chi connectivity index (χ1v) is 48.7. The molecule has 134 heavy (non-hydrogen) atoms. The molecule has 0 bridgehead atoms. The number of unbranched alkanes of at least 4 members (excludes halogenated alkanes) is 10. The molecule has 0 spiro atoms. The van der Waals surface area contributed by atoms with Gasteiger partial charge in [-0.2, -0.15) is 0 Å². The second-order valence-electron chi connectivity index (χ2n) is 35.6. The van der Waals surface area contributed by atoms with Gasteiger partial charge in [-0.15, -0.1) is 0 Å². The van der Waals surface area contributed by atoms with Crippen molar-refractivity contribution in [3.05, 3.63) is 323 Å². The lowest BCUT2D eigenvalue weighted by atomic mass is 9.95. The van der Waals surface area contributed by atoms with E-state index in [1.165, 1.54) is 13.3 Å². The lowest BCUT2D eigenvalue weighted by Gasteiger charge is -2.52. The second kappa shape index (κ2) is 56.6. The molecule has 720 valence electrons. The molecule has 21 atom stereocenters. The minimum Gasteiger partial charge on any atom is -0.456 e. The maximum atomic E-state index is 15.4. The maximum Gasteiger partial charge on any atom is 0.306 e. The van der Waals surface area contributed by atoms with Crippen LogP contribution in [-0.4, -0.2) is 160 Å². The predicted octanol–water partition coefficient (Wildman–Crippen LogP) is 21.1. The van der Waals surface area contributed by atoms with Crippen LogP contribution in [0.4, 0.5) is 0 Å². The molecule has 0 aliphatic carbocycles. The van der Waals surface area contributed by atoms with Crippen molar-refractivity contribution >= 4 is 17.7 Å². The first-order valence-electron chi connectivity index (χ1n) is 48.7. The standard InChI is InChI=1S/C112H140O22/c1-7-9-10-11-12-15-45-67-93(68-46-16-13-14-26-48-80(3)113)129-111-107(103(122-75-90-61-39-23-40-62-90)99(119-72-87-55-33-20-34-56-87)94(130-111)78-116-69-84-49-27-17-28-50-84)133-112-108(134-110-106(124-77-92-65-43-25-44-66-92)102(121-74-89-59-37-22-38-60-89)98(82(5)127-110)118-71-86-53-31-19-32-54-86)104(132-96(115)47-8-2)100(128-83(6)114)95(131-112)79-125-109-105(123-76-91-63-41-24-42-64-91)101(120-73-88-57-35-21-36-58-88)97(81(4)126-109)117-70-85-51-29-18-30-52-85/h17-25,27-44,49-66,81-82,93-95,97-112H,7-16,26,45-48,67-79H2,1-6H3/t81-,82+,93?,94-,95-,97+,98+,99-,100-,101+,102-,103+,104+,105+,106+,107-,108-,109-,110+,111-,112+/m1/s1. The molecule has 22 nitrogen and oxygen atoms in total. The fourth-order valence-electron chi connectivity index (χ4n) is 17.8. The zero-order chi connectivity index (χ0) is 93.1. The fourth-order valence-corrected chi connectivity index (χ4v) is 17.8. The van der Waals surface area contributed by atoms with E-state index in [9.17, 15) is 9.59 Å². The Balaban J connectivity index is 0.972. The molecule has 4 fully saturated rings. The number of rotatable bonds is 57. The zero-order valence-corrected chi connectivity index (χ0v) is 78.9. The summed E-state index contributed by atoms with van der Waals surface area (Å²) in [5, 5.41) is 0. The Morgan fingerprint density at radius 3 is 0.978 bits per heavy atom. The average Bonchev–Trinajstić information content (AvgIpc) is 0.755. The minimum absolute atomic E-state index is 0.0144. The van der Waals surface area contributed by atoms with E-state index >= 15 is 4.79 Å². The SMILES string of the molecule is CCCCCCCCCC(CCCCCCCC(C)=O)O[C@@H]1O[C@H](COCc2ccccc2)[C@@H](OCc2ccccc2)[C@H](OCc2ccccc2)[C@H]1O[C@@H]1O[C@H](CO[C@@H]2O[C@H](C)[C@H](OCc3ccccc3)[C@H](OCc3ccccc3)[C@@H]2OCc2ccccc2)[C@@H](OC(C)=O)[C@H](OC(=O)CCC)[C@H]1O[C@@H]1O[C@@H](C)[C@H](OCc2ccccc2)[C@@H](OCc2ccccc2)[C@@H]1OCc1ccccc1. The molecule has 13 rings (SSSR count). The van der Waals surface area contributed by atoms with Gasteiger partial charge in [0, 0.05) is 19.8 Å². The number of hydrogen-bond donors (Lipinski definition) is 0. The fraction of sp³-hybridized carbons (Fsp3) is 0.491. The topological polar surface area (TPSA) is 227 Å². The van der Waals surface area contributed by atoms with Crippen molar-refractivity contribution in [3.8, 4) is 0 Å². The Morgan fingerprint density at radius 2 is 0.590 bits per heavy atom. The summed E-state index contributed by atoms with van der Waals surface area (Å²) in [6.45, 7) is 11.7. The summed E-state index contributed by atoms with van der Waals surface area (Å²) in [6, 6.07) is 89.0. The molecule has 4 aliphatic rings. The van der Waals surface area contributed by atoms with Gasteiger partial charge in [0.25, 0.3) is 0 Å². The number of Topliss-reactive ketones (excluding diaryl/α,β-unsaturated/α-hetero) is 1. The van der Waals surface area contributed by atoms with Crippen LogP contribution in [-0.2, 0) is 164 Å². The molecule has 9 aromatic carbocycles.